The quantitative estimate of drug-likeness (QED) is 0.807. The number of carbonyl (C=O) groups is 1. The zero-order valence-corrected chi connectivity index (χ0v) is 9.27. The summed E-state index contributed by atoms with van der Waals surface area (Å²) >= 11 is 0. The summed E-state index contributed by atoms with van der Waals surface area (Å²) in [5, 5.41) is 8.81. The van der Waals surface area contributed by atoms with E-state index in [1.807, 2.05) is 6.07 Å². The van der Waals surface area contributed by atoms with Gasteiger partial charge in [0.05, 0.1) is 13.4 Å². The minimum atomic E-state index is -0.166. The van der Waals surface area contributed by atoms with Gasteiger partial charge < -0.3 is 9.15 Å². The van der Waals surface area contributed by atoms with Crippen molar-refractivity contribution in [1.29, 1.82) is 0 Å². The lowest BCUT2D eigenvalue weighted by atomic mass is 10.2. The molecule has 7 heteroatoms. The molecule has 0 aromatic carbocycles. The number of nitrogens with one attached hydrogen (secondary N) is 2. The first-order chi connectivity index (χ1) is 8.28. The molecule has 1 amide bonds. The van der Waals surface area contributed by atoms with Crippen molar-refractivity contribution in [1.82, 2.24) is 15.2 Å². The molecular weight excluding hydrogens is 224 g/mol. The van der Waals surface area contributed by atoms with Gasteiger partial charge in [-0.1, -0.05) is 0 Å². The van der Waals surface area contributed by atoms with Crippen molar-refractivity contribution in [2.45, 2.75) is 12.8 Å². The van der Waals surface area contributed by atoms with Crippen molar-refractivity contribution in [2.75, 3.05) is 12.4 Å². The number of aromatic amines is 1. The third-order valence-electron chi connectivity index (χ3n) is 2.08. The third-order valence-corrected chi connectivity index (χ3v) is 2.08. The molecule has 0 atom stereocenters. The molecule has 0 bridgehead atoms. The Balaban J connectivity index is 1.81. The van der Waals surface area contributed by atoms with Crippen molar-refractivity contribution in [3.63, 3.8) is 0 Å². The van der Waals surface area contributed by atoms with E-state index in [-0.39, 0.29) is 17.9 Å². The van der Waals surface area contributed by atoms with Crippen LogP contribution in [0.2, 0.25) is 0 Å². The van der Waals surface area contributed by atoms with Gasteiger partial charge in [-0.2, -0.15) is 4.98 Å². The van der Waals surface area contributed by atoms with E-state index in [0.29, 0.717) is 12.8 Å². The lowest BCUT2D eigenvalue weighted by Crippen LogP contribution is -2.13. The van der Waals surface area contributed by atoms with E-state index in [1.54, 1.807) is 12.3 Å². The molecule has 0 aliphatic carbocycles. The van der Waals surface area contributed by atoms with Crippen LogP contribution < -0.4 is 10.1 Å². The number of amides is 1. The summed E-state index contributed by atoms with van der Waals surface area (Å²) in [6.07, 6.45) is 2.44. The summed E-state index contributed by atoms with van der Waals surface area (Å²) in [6.45, 7) is 0. The van der Waals surface area contributed by atoms with E-state index in [4.69, 9.17) is 9.15 Å². The smallest absolute Gasteiger partial charge is 0.336 e. The van der Waals surface area contributed by atoms with Crippen LogP contribution in [-0.2, 0) is 11.2 Å². The number of ether oxygens (including phenoxy) is 1. The highest BCUT2D eigenvalue weighted by Gasteiger charge is 2.08. The summed E-state index contributed by atoms with van der Waals surface area (Å²) in [4.78, 5) is 15.4. The Bertz CT molecular complexity index is 477. The van der Waals surface area contributed by atoms with Gasteiger partial charge in [-0.25, -0.2) is 5.10 Å². The van der Waals surface area contributed by atoms with E-state index < -0.39 is 0 Å². The molecule has 0 radical (unpaired) electrons. The maximum Gasteiger partial charge on any atom is 0.336 e. The molecule has 2 heterocycles. The van der Waals surface area contributed by atoms with E-state index in [2.05, 4.69) is 20.5 Å². The van der Waals surface area contributed by atoms with Crippen LogP contribution >= 0.6 is 0 Å². The van der Waals surface area contributed by atoms with E-state index in [1.165, 1.54) is 7.11 Å². The summed E-state index contributed by atoms with van der Waals surface area (Å²) in [5.41, 5.74) is 0. The molecule has 0 spiro atoms. The van der Waals surface area contributed by atoms with E-state index in [9.17, 15) is 4.79 Å². The first kappa shape index (κ1) is 11.2. The molecule has 17 heavy (non-hydrogen) atoms. The monoisotopic (exact) mass is 236 g/mol. The lowest BCUT2D eigenvalue weighted by molar-refractivity contribution is -0.116. The van der Waals surface area contributed by atoms with Crippen LogP contribution in [0, 0.1) is 0 Å². The SMILES string of the molecule is COc1n[nH]c(NC(=O)CCc2ccco2)n1. The molecular formula is C10H12N4O3. The van der Waals surface area contributed by atoms with Gasteiger partial charge in [0, 0.05) is 12.8 Å². The predicted molar refractivity (Wildman–Crippen MR) is 58.6 cm³/mol. The zero-order chi connectivity index (χ0) is 12.1. The molecule has 0 aliphatic heterocycles. The maximum absolute atomic E-state index is 11.5. The minimum absolute atomic E-state index is 0.166. The zero-order valence-electron chi connectivity index (χ0n) is 9.27. The van der Waals surface area contributed by atoms with Gasteiger partial charge in [0.15, 0.2) is 0 Å². The highest BCUT2D eigenvalue weighted by Crippen LogP contribution is 2.07. The molecule has 0 aliphatic rings. The number of nitrogens with zero attached hydrogens (tertiary/aromatic N) is 2. The van der Waals surface area contributed by atoms with Gasteiger partial charge in [0.25, 0.3) is 0 Å². The topological polar surface area (TPSA) is 93.0 Å². The van der Waals surface area contributed by atoms with Crippen LogP contribution in [0.3, 0.4) is 0 Å². The molecule has 7 nitrogen and oxygen atoms in total. The van der Waals surface area contributed by atoms with Gasteiger partial charge in [0.2, 0.25) is 11.9 Å². The Labute approximate surface area is 97.2 Å². The van der Waals surface area contributed by atoms with E-state index in [0.717, 1.165) is 5.76 Å². The van der Waals surface area contributed by atoms with Crippen LogP contribution in [0.4, 0.5) is 5.95 Å². The van der Waals surface area contributed by atoms with Crippen LogP contribution in [0.5, 0.6) is 6.01 Å². The average molecular weight is 236 g/mol. The summed E-state index contributed by atoms with van der Waals surface area (Å²) in [6, 6.07) is 3.80. The molecule has 0 unspecified atom stereocenters. The van der Waals surface area contributed by atoms with Crippen LogP contribution in [0.25, 0.3) is 0 Å². The summed E-state index contributed by atoms with van der Waals surface area (Å²) in [5.74, 6) is 0.877. The summed E-state index contributed by atoms with van der Waals surface area (Å²) in [7, 11) is 1.45. The molecule has 0 fully saturated rings. The standard InChI is InChI=1S/C10H12N4O3/c1-16-10-12-9(13-14-10)11-8(15)5-4-7-3-2-6-17-7/h2-3,6H,4-5H2,1H3,(H2,11,12,13,14,15). The number of anilines is 1. The molecule has 2 N–H and O–H groups in total. The van der Waals surface area contributed by atoms with Crippen molar-refractivity contribution in [2.24, 2.45) is 0 Å². The lowest BCUT2D eigenvalue weighted by Gasteiger charge is -1.99. The minimum Gasteiger partial charge on any atom is -0.469 e. The highest BCUT2D eigenvalue weighted by molar-refractivity contribution is 5.88. The highest BCUT2D eigenvalue weighted by atomic mass is 16.5. The second-order valence-corrected chi connectivity index (χ2v) is 3.30. The number of H-pyrrole nitrogens is 1. The van der Waals surface area contributed by atoms with Gasteiger partial charge in [0.1, 0.15) is 5.76 Å². The molecule has 0 saturated heterocycles. The number of methoxy groups -OCH3 is 1. The molecule has 2 aromatic heterocycles. The first-order valence-electron chi connectivity index (χ1n) is 5.06. The van der Waals surface area contributed by atoms with Crippen molar-refractivity contribution >= 4 is 11.9 Å². The largest absolute Gasteiger partial charge is 0.469 e. The molecule has 0 saturated carbocycles. The average Bonchev–Trinajstić information content (AvgIpc) is 2.97. The Hall–Kier alpha value is -2.31. The Morgan fingerprint density at radius 1 is 1.65 bits per heavy atom. The fourth-order valence-corrected chi connectivity index (χ4v) is 1.28. The molecule has 90 valence electrons. The number of aromatic nitrogens is 3. The van der Waals surface area contributed by atoms with Gasteiger partial charge in [-0.15, -0.1) is 5.10 Å². The Morgan fingerprint density at radius 2 is 2.53 bits per heavy atom. The van der Waals surface area contributed by atoms with Gasteiger partial charge >= 0.3 is 6.01 Å². The Morgan fingerprint density at radius 3 is 3.18 bits per heavy atom. The molecule has 2 rings (SSSR count). The number of hydrogen-bond donors (Lipinski definition) is 2. The number of hydrogen-bond acceptors (Lipinski definition) is 5. The van der Waals surface area contributed by atoms with Gasteiger partial charge in [-0.05, 0) is 12.1 Å². The van der Waals surface area contributed by atoms with Crippen LogP contribution in [-0.4, -0.2) is 28.2 Å². The summed E-state index contributed by atoms with van der Waals surface area (Å²) < 4.78 is 9.90. The number of furan rings is 1. The maximum atomic E-state index is 11.5. The second-order valence-electron chi connectivity index (χ2n) is 3.30. The van der Waals surface area contributed by atoms with Crippen molar-refractivity contribution in [3.05, 3.63) is 24.2 Å². The number of rotatable bonds is 5. The van der Waals surface area contributed by atoms with Crippen LogP contribution in [0.15, 0.2) is 22.8 Å². The molecule has 2 aromatic rings. The first-order valence-corrected chi connectivity index (χ1v) is 5.06. The van der Waals surface area contributed by atoms with Crippen molar-refractivity contribution in [3.8, 4) is 6.01 Å². The normalized spacial score (nSPS) is 10.2. The van der Waals surface area contributed by atoms with E-state index >= 15 is 0 Å². The predicted octanol–water partition coefficient (Wildman–Crippen LogP) is 0.978. The fourth-order valence-electron chi connectivity index (χ4n) is 1.28. The van der Waals surface area contributed by atoms with Crippen LogP contribution in [0.1, 0.15) is 12.2 Å². The number of carbonyl (C=O) groups excluding carboxylic acids is 1. The van der Waals surface area contributed by atoms with Crippen molar-refractivity contribution < 1.29 is 13.9 Å². The third kappa shape index (κ3) is 3.07. The van der Waals surface area contributed by atoms with Gasteiger partial charge in [-0.3, -0.25) is 10.1 Å². The Kier molecular flexibility index (Phi) is 3.39. The second kappa shape index (κ2) is 5.15. The fraction of sp³-hybridized carbons (Fsp3) is 0.300. The number of aryl methyl sites for hydroxylation is 1.